The quantitative estimate of drug-likeness (QED) is 0.600. The zero-order chi connectivity index (χ0) is 17.3. The molecule has 0 bridgehead atoms. The average molecular weight is 428 g/mol. The predicted molar refractivity (Wildman–Crippen MR) is 98.4 cm³/mol. The third-order valence-electron chi connectivity index (χ3n) is 3.15. The van der Waals surface area contributed by atoms with Crippen LogP contribution >= 0.6 is 35.7 Å². The van der Waals surface area contributed by atoms with Crippen molar-refractivity contribution in [1.82, 2.24) is 9.97 Å². The number of hydrogen-bond donors (Lipinski definition) is 2. The van der Waals surface area contributed by atoms with Gasteiger partial charge < -0.3 is 11.1 Å². The monoisotopic (exact) mass is 426 g/mol. The summed E-state index contributed by atoms with van der Waals surface area (Å²) in [6.45, 7) is 0. The maximum absolute atomic E-state index is 14.0. The summed E-state index contributed by atoms with van der Waals surface area (Å²) in [5, 5.41) is 2.90. The minimum atomic E-state index is -0.467. The van der Waals surface area contributed by atoms with Crippen LogP contribution in [0.4, 0.5) is 15.9 Å². The number of pyridine rings is 1. The van der Waals surface area contributed by atoms with Gasteiger partial charge in [-0.2, -0.15) is 0 Å². The van der Waals surface area contributed by atoms with Gasteiger partial charge in [0.05, 0.1) is 21.7 Å². The Kier molecular flexibility index (Phi) is 4.85. The molecule has 0 fully saturated rings. The summed E-state index contributed by atoms with van der Waals surface area (Å²) in [5.41, 5.74) is 6.97. The molecule has 0 saturated carbocycles. The first-order valence-corrected chi connectivity index (χ1v) is 8.93. The van der Waals surface area contributed by atoms with Gasteiger partial charge in [0.2, 0.25) is 0 Å². The number of nitrogens with zero attached hydrogens (tertiary/aromatic N) is 2. The van der Waals surface area contributed by atoms with Crippen LogP contribution in [0.2, 0.25) is 5.02 Å². The van der Waals surface area contributed by atoms with E-state index >= 15 is 0 Å². The first-order valence-electron chi connectivity index (χ1n) is 6.69. The molecule has 5 nitrogen and oxygen atoms in total. The number of nitrogens with two attached hydrogens (primary N) is 1. The minimum absolute atomic E-state index is 0.0473. The lowest BCUT2D eigenvalue weighted by Crippen LogP contribution is -2.14. The van der Waals surface area contributed by atoms with E-state index in [4.69, 9.17) is 17.3 Å². The van der Waals surface area contributed by atoms with Crippen molar-refractivity contribution in [2.45, 2.75) is 0 Å². The second-order valence-electron chi connectivity index (χ2n) is 4.75. The smallest absolute Gasteiger partial charge is 0.274 e. The highest BCUT2D eigenvalue weighted by molar-refractivity contribution is 9.10. The van der Waals surface area contributed by atoms with Gasteiger partial charge in [0.25, 0.3) is 5.91 Å². The van der Waals surface area contributed by atoms with Gasteiger partial charge >= 0.3 is 0 Å². The summed E-state index contributed by atoms with van der Waals surface area (Å²) >= 11 is 9.22. The van der Waals surface area contributed by atoms with E-state index in [1.165, 1.54) is 12.1 Å². The molecule has 0 aliphatic rings. The van der Waals surface area contributed by atoms with Crippen LogP contribution in [0.1, 0.15) is 10.5 Å². The molecule has 1 amide bonds. The SMILES string of the molecule is Nc1nc(Br)ccc1NC(=O)c1c[pH]c(-c2c(F)cccc2Cl)n1. The number of nitrogen functional groups attached to an aromatic ring is 1. The number of anilines is 2. The maximum Gasteiger partial charge on any atom is 0.274 e. The van der Waals surface area contributed by atoms with Crippen LogP contribution in [0.5, 0.6) is 0 Å². The van der Waals surface area contributed by atoms with Crippen molar-refractivity contribution in [2.24, 2.45) is 0 Å². The highest BCUT2D eigenvalue weighted by Crippen LogP contribution is 2.35. The molecule has 0 spiro atoms. The number of halogens is 3. The molecule has 3 rings (SSSR count). The van der Waals surface area contributed by atoms with Crippen LogP contribution in [0, 0.1) is 5.82 Å². The lowest BCUT2D eigenvalue weighted by atomic mass is 10.2. The van der Waals surface area contributed by atoms with Crippen molar-refractivity contribution in [3.8, 4) is 11.0 Å². The predicted octanol–water partition coefficient (Wildman–Crippen LogP) is 4.56. The lowest BCUT2D eigenvalue weighted by molar-refractivity contribution is 0.102. The van der Waals surface area contributed by atoms with Gasteiger partial charge in [-0.1, -0.05) is 17.7 Å². The van der Waals surface area contributed by atoms with Crippen LogP contribution in [0.3, 0.4) is 0 Å². The zero-order valence-corrected chi connectivity index (χ0v) is 15.3. The van der Waals surface area contributed by atoms with Crippen LogP contribution in [-0.4, -0.2) is 15.9 Å². The van der Waals surface area contributed by atoms with Gasteiger partial charge in [-0.05, 0) is 46.0 Å². The number of amides is 1. The number of hydrogen-bond acceptors (Lipinski definition) is 4. The molecule has 1 aromatic carbocycles. The Morgan fingerprint density at radius 2 is 2.08 bits per heavy atom. The molecule has 3 aromatic rings. The van der Waals surface area contributed by atoms with Crippen LogP contribution in [0.25, 0.3) is 11.0 Å². The van der Waals surface area contributed by atoms with Crippen molar-refractivity contribution in [3.05, 3.63) is 57.3 Å². The largest absolute Gasteiger partial charge is 0.382 e. The molecular formula is C15H10BrClFN4OP. The Balaban J connectivity index is 1.86. The molecule has 0 saturated heterocycles. The molecule has 2 aromatic heterocycles. The number of rotatable bonds is 3. The molecule has 1 atom stereocenters. The second-order valence-corrected chi connectivity index (χ2v) is 7.02. The fourth-order valence-electron chi connectivity index (χ4n) is 2.03. The van der Waals surface area contributed by atoms with Gasteiger partial charge in [0.15, 0.2) is 0 Å². The van der Waals surface area contributed by atoms with Gasteiger partial charge in [-0.3, -0.25) is 4.79 Å². The minimum Gasteiger partial charge on any atom is -0.382 e. The third-order valence-corrected chi connectivity index (χ3v) is 4.96. The molecule has 3 N–H and O–H groups in total. The summed E-state index contributed by atoms with van der Waals surface area (Å²) in [5.74, 6) is 0.904. The molecule has 24 heavy (non-hydrogen) atoms. The van der Waals surface area contributed by atoms with E-state index < -0.39 is 11.7 Å². The third kappa shape index (κ3) is 3.43. The second kappa shape index (κ2) is 6.89. The van der Waals surface area contributed by atoms with Crippen molar-refractivity contribution in [3.63, 3.8) is 0 Å². The Morgan fingerprint density at radius 3 is 2.79 bits per heavy atom. The van der Waals surface area contributed by atoms with Crippen molar-refractivity contribution in [2.75, 3.05) is 11.1 Å². The maximum atomic E-state index is 14.0. The van der Waals surface area contributed by atoms with E-state index in [2.05, 4.69) is 31.2 Å². The highest BCUT2D eigenvalue weighted by Gasteiger charge is 2.16. The lowest BCUT2D eigenvalue weighted by Gasteiger charge is -2.06. The van der Waals surface area contributed by atoms with Gasteiger partial charge in [-0.15, -0.1) is 8.19 Å². The molecule has 0 radical (unpaired) electrons. The normalized spacial score (nSPS) is 11.0. The van der Waals surface area contributed by atoms with Crippen molar-refractivity contribution in [1.29, 1.82) is 0 Å². The molecule has 1 unspecified atom stereocenters. The molecular weight excluding hydrogens is 418 g/mol. The summed E-state index contributed by atoms with van der Waals surface area (Å²) in [6, 6.07) is 7.69. The van der Waals surface area contributed by atoms with Crippen molar-refractivity contribution >= 4 is 53.1 Å². The topological polar surface area (TPSA) is 80.9 Å². The van der Waals surface area contributed by atoms with Crippen LogP contribution in [-0.2, 0) is 0 Å². The van der Waals surface area contributed by atoms with Gasteiger partial charge in [0, 0.05) is 0 Å². The fraction of sp³-hybridized carbons (Fsp3) is 0. The van der Waals surface area contributed by atoms with E-state index in [0.29, 0.717) is 15.7 Å². The van der Waals surface area contributed by atoms with Crippen molar-refractivity contribution < 1.29 is 9.18 Å². The summed E-state index contributed by atoms with van der Waals surface area (Å²) in [4.78, 5) is 20.5. The average Bonchev–Trinajstić information content (AvgIpc) is 2.99. The summed E-state index contributed by atoms with van der Waals surface area (Å²) in [6.07, 6.45) is 0. The van der Waals surface area contributed by atoms with E-state index in [1.54, 1.807) is 24.0 Å². The standard InChI is InChI=1S/C15H10BrClFN4OP/c16-11-5-4-9(13(19)22-11)20-14(23)10-6-24-15(21-10)12-7(17)2-1-3-8(12)18/h1-6,24H,(H2,19,22)(H,20,23). The molecule has 122 valence electrons. The Bertz CT molecular complexity index is 913. The Hall–Kier alpha value is -1.95. The van der Waals surface area contributed by atoms with E-state index in [-0.39, 0.29) is 30.3 Å². The molecule has 0 aliphatic heterocycles. The van der Waals surface area contributed by atoms with E-state index in [0.717, 1.165) is 0 Å². The van der Waals surface area contributed by atoms with Gasteiger partial charge in [0.1, 0.15) is 21.9 Å². The van der Waals surface area contributed by atoms with Crippen LogP contribution < -0.4 is 11.1 Å². The van der Waals surface area contributed by atoms with Gasteiger partial charge in [-0.25, -0.2) is 14.4 Å². The molecule has 9 heteroatoms. The van der Waals surface area contributed by atoms with E-state index in [9.17, 15) is 9.18 Å². The zero-order valence-electron chi connectivity index (χ0n) is 12.0. The first-order chi connectivity index (χ1) is 11.5. The highest BCUT2D eigenvalue weighted by atomic mass is 79.9. The first kappa shape index (κ1) is 16.9. The number of carbonyl (C=O) groups is 1. The number of nitrogens with one attached hydrogen (secondary N) is 1. The van der Waals surface area contributed by atoms with E-state index in [1.807, 2.05) is 0 Å². The molecule has 0 aliphatic carbocycles. The molecule has 2 heterocycles. The number of carbonyl (C=O) groups excluding carboxylic acids is 1. The van der Waals surface area contributed by atoms with Crippen LogP contribution in [0.15, 0.2) is 40.7 Å². The number of benzene rings is 1. The summed E-state index contributed by atoms with van der Waals surface area (Å²) < 4.78 is 14.5. The Morgan fingerprint density at radius 1 is 1.29 bits per heavy atom. The Labute approximate surface area is 151 Å². The number of aromatic nitrogens is 2. The fourth-order valence-corrected chi connectivity index (χ4v) is 3.74. The summed E-state index contributed by atoms with van der Waals surface area (Å²) in [7, 11) is 0.0473.